The van der Waals surface area contributed by atoms with Gasteiger partial charge in [0.1, 0.15) is 0 Å². The van der Waals surface area contributed by atoms with Crippen LogP contribution < -0.4 is 4.57 Å². The summed E-state index contributed by atoms with van der Waals surface area (Å²) in [5, 5.41) is 0. The first-order chi connectivity index (χ1) is 10.7. The van der Waals surface area contributed by atoms with Crippen LogP contribution in [0.25, 0.3) is 11.3 Å². The second-order valence-electron chi connectivity index (χ2n) is 5.27. The van der Waals surface area contributed by atoms with Gasteiger partial charge >= 0.3 is 0 Å². The molecule has 0 saturated heterocycles. The average Bonchev–Trinajstić information content (AvgIpc) is 2.57. The van der Waals surface area contributed by atoms with Crippen LogP contribution >= 0.6 is 17.0 Å². The van der Waals surface area contributed by atoms with Gasteiger partial charge in [0.15, 0.2) is 12.2 Å². The topological polar surface area (TPSA) is 33.8 Å². The number of carbonyl (C=O) groups excluding carboxylic acids is 1. The van der Waals surface area contributed by atoms with E-state index in [9.17, 15) is 4.79 Å². The first kappa shape index (κ1) is 17.0. The molecule has 0 aliphatic heterocycles. The molecule has 0 atom stereocenters. The molecule has 0 amide bonds. The Labute approximate surface area is 146 Å². The van der Waals surface area contributed by atoms with Crippen molar-refractivity contribution >= 4 is 22.8 Å². The van der Waals surface area contributed by atoms with E-state index in [1.54, 1.807) is 10.9 Å². The van der Waals surface area contributed by atoms with Crippen molar-refractivity contribution < 1.29 is 9.36 Å². The molecule has 0 saturated carbocycles. The van der Waals surface area contributed by atoms with Gasteiger partial charge in [0.2, 0.25) is 5.78 Å². The van der Waals surface area contributed by atoms with Gasteiger partial charge in [-0.05, 0) is 11.9 Å². The highest BCUT2D eigenvalue weighted by Crippen LogP contribution is 2.13. The second-order valence-corrected chi connectivity index (χ2v) is 5.27. The highest BCUT2D eigenvalue weighted by Gasteiger charge is 2.11. The molecule has 116 valence electrons. The van der Waals surface area contributed by atoms with E-state index >= 15 is 0 Å². The van der Waals surface area contributed by atoms with Crippen LogP contribution in [0.3, 0.4) is 0 Å². The number of carbonyl (C=O) groups is 1. The number of aryl methyl sites for hydroxylation is 1. The zero-order valence-corrected chi connectivity index (χ0v) is 14.6. The summed E-state index contributed by atoms with van der Waals surface area (Å²) in [6, 6.07) is 19.5. The van der Waals surface area contributed by atoms with Crippen molar-refractivity contribution in [1.29, 1.82) is 0 Å². The van der Waals surface area contributed by atoms with E-state index in [0.29, 0.717) is 6.54 Å². The lowest BCUT2D eigenvalue weighted by atomic mass is 10.1. The summed E-state index contributed by atoms with van der Waals surface area (Å²) < 4.78 is 1.80. The van der Waals surface area contributed by atoms with Crippen molar-refractivity contribution in [1.82, 2.24) is 4.98 Å². The first-order valence-corrected chi connectivity index (χ1v) is 7.23. The fraction of sp³-hybridized carbons (Fsp3) is 0.105. The maximum atomic E-state index is 12.2. The number of nitrogens with zero attached hydrogens (tertiary/aromatic N) is 2. The summed E-state index contributed by atoms with van der Waals surface area (Å²) in [5.74, 6) is 0.0826. The molecule has 0 spiro atoms. The molecule has 0 radical (unpaired) electrons. The van der Waals surface area contributed by atoms with E-state index in [1.807, 2.05) is 73.8 Å². The Kier molecular flexibility index (Phi) is 5.77. The Hall–Kier alpha value is -2.33. The molecular formula is C19H18BrN2O+. The monoisotopic (exact) mass is 369 g/mol. The van der Waals surface area contributed by atoms with E-state index in [4.69, 9.17) is 0 Å². The predicted octanol–water partition coefficient (Wildman–Crippen LogP) is 3.81. The van der Waals surface area contributed by atoms with E-state index < -0.39 is 0 Å². The molecule has 0 unspecified atom stereocenters. The third kappa shape index (κ3) is 4.33. The number of halogens is 1. The minimum atomic E-state index is 0. The average molecular weight is 370 g/mol. The molecule has 0 bridgehead atoms. The van der Waals surface area contributed by atoms with E-state index in [-0.39, 0.29) is 22.8 Å². The summed E-state index contributed by atoms with van der Waals surface area (Å²) in [7, 11) is 0. The number of Topliss-reactive ketones (excluding diaryl/α,β-unsaturated/α-hetero) is 1. The Morgan fingerprint density at radius 3 is 2.30 bits per heavy atom. The van der Waals surface area contributed by atoms with Gasteiger partial charge in [-0.1, -0.05) is 60.2 Å². The van der Waals surface area contributed by atoms with Gasteiger partial charge in [0, 0.05) is 17.2 Å². The number of rotatable bonds is 4. The molecule has 0 aliphatic rings. The summed E-state index contributed by atoms with van der Waals surface area (Å²) in [5.41, 5.74) is 3.85. The highest BCUT2D eigenvalue weighted by molar-refractivity contribution is 8.93. The third-order valence-electron chi connectivity index (χ3n) is 3.54. The Bertz CT molecular complexity index is 769. The van der Waals surface area contributed by atoms with Gasteiger partial charge in [0.25, 0.3) is 6.33 Å². The van der Waals surface area contributed by atoms with Gasteiger partial charge in [0.05, 0.1) is 6.20 Å². The quantitative estimate of drug-likeness (QED) is 0.517. The van der Waals surface area contributed by atoms with Crippen molar-refractivity contribution in [3.05, 3.63) is 84.3 Å². The van der Waals surface area contributed by atoms with Crippen LogP contribution in [0, 0.1) is 6.92 Å². The normalized spacial score (nSPS) is 9.96. The van der Waals surface area contributed by atoms with Crippen molar-refractivity contribution in [2.45, 2.75) is 13.5 Å². The maximum absolute atomic E-state index is 12.2. The van der Waals surface area contributed by atoms with E-state index in [0.717, 1.165) is 22.4 Å². The van der Waals surface area contributed by atoms with Gasteiger partial charge in [-0.2, -0.15) is 0 Å². The van der Waals surface area contributed by atoms with Crippen LogP contribution in [-0.4, -0.2) is 10.8 Å². The number of hydrogen-bond donors (Lipinski definition) is 0. The smallest absolute Gasteiger partial charge is 0.287 e. The largest absolute Gasteiger partial charge is 0.290 e. The summed E-state index contributed by atoms with van der Waals surface area (Å²) >= 11 is 0. The minimum Gasteiger partial charge on any atom is -0.290 e. The van der Waals surface area contributed by atoms with Crippen LogP contribution in [-0.2, 0) is 6.54 Å². The Balaban J connectivity index is 0.00000192. The van der Waals surface area contributed by atoms with Gasteiger partial charge in [-0.15, -0.1) is 17.0 Å². The summed E-state index contributed by atoms with van der Waals surface area (Å²) in [4.78, 5) is 16.7. The van der Waals surface area contributed by atoms with Crippen LogP contribution in [0.15, 0.2) is 73.2 Å². The zero-order valence-electron chi connectivity index (χ0n) is 12.8. The zero-order chi connectivity index (χ0) is 15.4. The lowest BCUT2D eigenvalue weighted by molar-refractivity contribution is -0.686. The summed E-state index contributed by atoms with van der Waals surface area (Å²) in [6.45, 7) is 2.31. The highest BCUT2D eigenvalue weighted by atomic mass is 79.9. The molecule has 0 aliphatic carbocycles. The molecule has 1 heterocycles. The standard InChI is InChI=1S/C19H17N2O.BrH/c1-15-7-9-17(10-8-15)19(22)13-21-12-11-18(20-14-21)16-5-3-2-4-6-16;/h2-12,14H,13H2,1H3;1H/q+1;. The molecular weight excluding hydrogens is 352 g/mol. The van der Waals surface area contributed by atoms with Gasteiger partial charge in [-0.3, -0.25) is 4.79 Å². The number of ketones is 1. The fourth-order valence-electron chi connectivity index (χ4n) is 2.25. The lowest BCUT2D eigenvalue weighted by Crippen LogP contribution is -2.37. The molecule has 2 aromatic carbocycles. The molecule has 23 heavy (non-hydrogen) atoms. The van der Waals surface area contributed by atoms with Crippen molar-refractivity contribution in [3.8, 4) is 11.3 Å². The van der Waals surface area contributed by atoms with E-state index in [2.05, 4.69) is 4.98 Å². The van der Waals surface area contributed by atoms with E-state index in [1.165, 1.54) is 0 Å². The molecule has 0 fully saturated rings. The fourth-order valence-corrected chi connectivity index (χ4v) is 2.25. The summed E-state index contributed by atoms with van der Waals surface area (Å²) in [6.07, 6.45) is 3.59. The molecule has 3 nitrogen and oxygen atoms in total. The number of benzene rings is 2. The Morgan fingerprint density at radius 1 is 1.00 bits per heavy atom. The molecule has 1 aromatic heterocycles. The van der Waals surface area contributed by atoms with Crippen LogP contribution in [0.4, 0.5) is 0 Å². The number of aromatic nitrogens is 2. The maximum Gasteiger partial charge on any atom is 0.287 e. The van der Waals surface area contributed by atoms with Gasteiger partial charge < -0.3 is 0 Å². The van der Waals surface area contributed by atoms with Crippen molar-refractivity contribution in [3.63, 3.8) is 0 Å². The van der Waals surface area contributed by atoms with Gasteiger partial charge in [-0.25, -0.2) is 4.57 Å². The molecule has 3 rings (SSSR count). The predicted molar refractivity (Wildman–Crippen MR) is 95.7 cm³/mol. The van der Waals surface area contributed by atoms with Crippen LogP contribution in [0.2, 0.25) is 0 Å². The molecule has 4 heteroatoms. The third-order valence-corrected chi connectivity index (χ3v) is 3.54. The number of hydrogen-bond acceptors (Lipinski definition) is 2. The van der Waals surface area contributed by atoms with Crippen molar-refractivity contribution in [2.75, 3.05) is 0 Å². The van der Waals surface area contributed by atoms with Crippen molar-refractivity contribution in [2.24, 2.45) is 0 Å². The Morgan fingerprint density at radius 2 is 1.70 bits per heavy atom. The SMILES string of the molecule is Br.Cc1ccc(C(=O)C[n+]2ccc(-c3ccccc3)nc2)cc1. The molecule has 0 N–H and O–H groups in total. The van der Waals surface area contributed by atoms with Crippen LogP contribution in [0.1, 0.15) is 15.9 Å². The van der Waals surface area contributed by atoms with Crippen LogP contribution in [0.5, 0.6) is 0 Å². The first-order valence-electron chi connectivity index (χ1n) is 7.23. The lowest BCUT2D eigenvalue weighted by Gasteiger charge is -2.01. The molecule has 3 aromatic rings. The minimum absolute atomic E-state index is 0. The second kappa shape index (κ2) is 7.79.